The van der Waals surface area contributed by atoms with Gasteiger partial charge in [-0.2, -0.15) is 0 Å². The van der Waals surface area contributed by atoms with E-state index in [0.717, 1.165) is 26.1 Å². The molecule has 7 heteroatoms. The molecule has 1 aliphatic heterocycles. The molecule has 0 radical (unpaired) electrons. The molecule has 178 valence electrons. The number of phenolic OH excluding ortho intramolecular Hbond substituents is 1. The summed E-state index contributed by atoms with van der Waals surface area (Å²) in [5, 5.41) is 18.5. The number of H-pyrrole nitrogens is 1. The van der Waals surface area contributed by atoms with Crippen LogP contribution in [-0.2, 0) is 11.2 Å². The molecule has 2 atom stereocenters. The highest BCUT2D eigenvalue weighted by Gasteiger charge is 2.36. The van der Waals surface area contributed by atoms with E-state index in [9.17, 15) is 9.59 Å². The Bertz CT molecular complexity index is 1240. The molecule has 1 aliphatic carbocycles. The molecular weight excluding hydrogens is 430 g/mol. The van der Waals surface area contributed by atoms with Gasteiger partial charge in [-0.3, -0.25) is 9.69 Å². The number of benzene rings is 2. The molecule has 0 spiro atoms. The second-order valence-corrected chi connectivity index (χ2v) is 8.80. The van der Waals surface area contributed by atoms with Crippen LogP contribution in [0.1, 0.15) is 35.3 Å². The number of rotatable bonds is 4. The highest BCUT2D eigenvalue weighted by atomic mass is 16.4. The van der Waals surface area contributed by atoms with Crippen molar-refractivity contribution in [2.45, 2.75) is 26.3 Å². The monoisotopic (exact) mass is 461 g/mol. The predicted molar refractivity (Wildman–Crippen MR) is 133 cm³/mol. The lowest BCUT2D eigenvalue weighted by molar-refractivity contribution is -0.134. The van der Waals surface area contributed by atoms with E-state index < -0.39 is 5.97 Å². The highest BCUT2D eigenvalue weighted by molar-refractivity contribution is 5.99. The SMILES string of the molecule is CCN(CC)C(=O)[C@@H]1C=C2c3cccc4[nH]cc(c34)C[C@H]2N(C)C1.O=C(O)c1cccc(O)c1. The summed E-state index contributed by atoms with van der Waals surface area (Å²) in [4.78, 5) is 30.8. The van der Waals surface area contributed by atoms with Gasteiger partial charge in [0.05, 0.1) is 11.5 Å². The number of nitrogens with one attached hydrogen (secondary N) is 1. The summed E-state index contributed by atoms with van der Waals surface area (Å²) in [5.74, 6) is -0.850. The Hall–Kier alpha value is -3.58. The van der Waals surface area contributed by atoms with Gasteiger partial charge >= 0.3 is 5.97 Å². The maximum atomic E-state index is 12.9. The smallest absolute Gasteiger partial charge is 0.335 e. The molecule has 1 aromatic heterocycles. The average molecular weight is 462 g/mol. The number of hydrogen-bond donors (Lipinski definition) is 3. The van der Waals surface area contributed by atoms with Gasteiger partial charge in [0.25, 0.3) is 0 Å². The summed E-state index contributed by atoms with van der Waals surface area (Å²) in [6.07, 6.45) is 5.41. The number of fused-ring (bicyclic) bond motifs is 2. The first-order valence-corrected chi connectivity index (χ1v) is 11.7. The minimum atomic E-state index is -1.03. The zero-order valence-corrected chi connectivity index (χ0v) is 19.8. The summed E-state index contributed by atoms with van der Waals surface area (Å²) < 4.78 is 0. The summed E-state index contributed by atoms with van der Waals surface area (Å²) in [6.45, 7) is 6.47. The normalized spacial score (nSPS) is 19.0. The van der Waals surface area contributed by atoms with Crippen molar-refractivity contribution >= 4 is 28.4 Å². The first kappa shape index (κ1) is 23.6. The van der Waals surface area contributed by atoms with Crippen molar-refractivity contribution in [3.8, 4) is 5.75 Å². The molecule has 0 bridgehead atoms. The third kappa shape index (κ3) is 4.43. The molecule has 0 saturated carbocycles. The standard InChI is InChI=1S/C20H25N3O.C7H6O3/c1-4-23(5-2)20(24)14-9-16-15-7-6-8-17-19(15)13(11-21-17)10-18(16)22(3)12-14;8-6-3-1-2-5(4-6)7(9)10/h6-9,11,14,18,21H,4-5,10,12H2,1-3H3;1-4,8H,(H,9,10)/t14-,18-;/m1./s1. The number of aromatic carboxylic acids is 1. The number of aromatic hydroxyl groups is 1. The lowest BCUT2D eigenvalue weighted by Gasteiger charge is -2.40. The topological polar surface area (TPSA) is 96.9 Å². The Balaban J connectivity index is 0.000000231. The van der Waals surface area contributed by atoms with Crippen molar-refractivity contribution in [1.29, 1.82) is 0 Å². The molecule has 2 aliphatic rings. The van der Waals surface area contributed by atoms with Crippen molar-refractivity contribution in [3.05, 3.63) is 71.4 Å². The number of likely N-dealkylation sites (N-methyl/N-ethyl adjacent to an activating group) is 1. The van der Waals surface area contributed by atoms with E-state index in [2.05, 4.69) is 61.3 Å². The number of carbonyl (C=O) groups excluding carboxylic acids is 1. The molecule has 5 rings (SSSR count). The van der Waals surface area contributed by atoms with Gasteiger partial charge in [-0.05, 0) is 68.3 Å². The van der Waals surface area contributed by atoms with Crippen molar-refractivity contribution in [3.63, 3.8) is 0 Å². The van der Waals surface area contributed by atoms with Gasteiger partial charge in [-0.15, -0.1) is 0 Å². The predicted octanol–water partition coefficient (Wildman–Crippen LogP) is 4.00. The fourth-order valence-electron chi connectivity index (χ4n) is 5.01. The zero-order chi connectivity index (χ0) is 24.4. The fourth-order valence-corrected chi connectivity index (χ4v) is 5.01. The van der Waals surface area contributed by atoms with Gasteiger partial charge in [0.2, 0.25) is 5.91 Å². The lowest BCUT2D eigenvalue weighted by Crippen LogP contribution is -2.47. The van der Waals surface area contributed by atoms with E-state index in [1.165, 1.54) is 51.9 Å². The Morgan fingerprint density at radius 1 is 1.15 bits per heavy atom. The fraction of sp³-hybridized carbons (Fsp3) is 0.333. The van der Waals surface area contributed by atoms with E-state index in [1.54, 1.807) is 0 Å². The Morgan fingerprint density at radius 2 is 1.88 bits per heavy atom. The lowest BCUT2D eigenvalue weighted by atomic mass is 9.79. The number of aromatic nitrogens is 1. The number of hydrogen-bond acceptors (Lipinski definition) is 4. The average Bonchev–Trinajstić information content (AvgIpc) is 3.25. The van der Waals surface area contributed by atoms with Gasteiger partial charge in [0.1, 0.15) is 5.75 Å². The number of carboxylic acid groups (broad SMARTS) is 1. The molecule has 2 aromatic carbocycles. The van der Waals surface area contributed by atoms with E-state index in [-0.39, 0.29) is 23.1 Å². The Morgan fingerprint density at radius 3 is 2.53 bits per heavy atom. The van der Waals surface area contributed by atoms with Gasteiger partial charge in [-0.1, -0.05) is 24.3 Å². The molecule has 7 nitrogen and oxygen atoms in total. The van der Waals surface area contributed by atoms with Crippen molar-refractivity contribution in [1.82, 2.24) is 14.8 Å². The van der Waals surface area contributed by atoms with Crippen molar-refractivity contribution in [2.75, 3.05) is 26.7 Å². The first-order chi connectivity index (χ1) is 16.3. The van der Waals surface area contributed by atoms with E-state index >= 15 is 0 Å². The quantitative estimate of drug-likeness (QED) is 0.546. The van der Waals surface area contributed by atoms with Crippen LogP contribution in [0.2, 0.25) is 0 Å². The highest BCUT2D eigenvalue weighted by Crippen LogP contribution is 2.40. The van der Waals surface area contributed by atoms with Gasteiger partial charge in [0.15, 0.2) is 0 Å². The van der Waals surface area contributed by atoms with E-state index in [0.29, 0.717) is 6.04 Å². The Kier molecular flexibility index (Phi) is 6.75. The number of aromatic amines is 1. The van der Waals surface area contributed by atoms with Crippen LogP contribution in [0.15, 0.2) is 54.7 Å². The number of carbonyl (C=O) groups is 2. The van der Waals surface area contributed by atoms with Crippen LogP contribution in [0.4, 0.5) is 0 Å². The van der Waals surface area contributed by atoms with Crippen molar-refractivity contribution < 1.29 is 19.8 Å². The van der Waals surface area contributed by atoms with Crippen molar-refractivity contribution in [2.24, 2.45) is 5.92 Å². The molecule has 0 saturated heterocycles. The molecule has 3 aromatic rings. The Labute approximate surface area is 199 Å². The van der Waals surface area contributed by atoms with Crippen LogP contribution in [0.5, 0.6) is 5.75 Å². The summed E-state index contributed by atoms with van der Waals surface area (Å²) in [5.41, 5.74) is 5.31. The first-order valence-electron chi connectivity index (χ1n) is 11.7. The third-order valence-electron chi connectivity index (χ3n) is 6.75. The third-order valence-corrected chi connectivity index (χ3v) is 6.75. The molecule has 3 N–H and O–H groups in total. The van der Waals surface area contributed by atoms with Crippen LogP contribution in [0.3, 0.4) is 0 Å². The summed E-state index contributed by atoms with van der Waals surface area (Å²) in [7, 11) is 2.15. The van der Waals surface area contributed by atoms with Crippen LogP contribution < -0.4 is 0 Å². The molecular formula is C27H31N3O4. The van der Waals surface area contributed by atoms with Gasteiger partial charge < -0.3 is 20.1 Å². The minimum Gasteiger partial charge on any atom is -0.508 e. The number of carboxylic acids is 1. The van der Waals surface area contributed by atoms with Gasteiger partial charge in [0, 0.05) is 42.8 Å². The second-order valence-electron chi connectivity index (χ2n) is 8.80. The zero-order valence-electron chi connectivity index (χ0n) is 19.8. The second kappa shape index (κ2) is 9.73. The summed E-state index contributed by atoms with van der Waals surface area (Å²) in [6, 6.07) is 12.3. The largest absolute Gasteiger partial charge is 0.508 e. The van der Waals surface area contributed by atoms with Crippen LogP contribution in [0, 0.1) is 5.92 Å². The molecule has 34 heavy (non-hydrogen) atoms. The number of phenols is 1. The number of nitrogens with zero attached hydrogens (tertiary/aromatic N) is 2. The van der Waals surface area contributed by atoms with Crippen LogP contribution in [0.25, 0.3) is 16.5 Å². The summed E-state index contributed by atoms with van der Waals surface area (Å²) >= 11 is 0. The number of amides is 1. The molecule has 0 unspecified atom stereocenters. The van der Waals surface area contributed by atoms with Gasteiger partial charge in [-0.25, -0.2) is 4.79 Å². The maximum Gasteiger partial charge on any atom is 0.335 e. The molecule has 2 heterocycles. The maximum absolute atomic E-state index is 12.9. The van der Waals surface area contributed by atoms with E-state index in [4.69, 9.17) is 10.2 Å². The van der Waals surface area contributed by atoms with Crippen LogP contribution in [-0.4, -0.2) is 69.6 Å². The molecule has 1 amide bonds. The van der Waals surface area contributed by atoms with E-state index in [1.807, 2.05) is 4.90 Å². The molecule has 0 fully saturated rings. The minimum absolute atomic E-state index is 0.0279. The van der Waals surface area contributed by atoms with Crippen LogP contribution >= 0.6 is 0 Å².